The summed E-state index contributed by atoms with van der Waals surface area (Å²) in [5.41, 5.74) is 1.73. The molecule has 0 aromatic heterocycles. The van der Waals surface area contributed by atoms with Gasteiger partial charge in [-0.05, 0) is 25.1 Å². The van der Waals surface area contributed by atoms with Crippen LogP contribution in [0.25, 0.3) is 0 Å². The average molecular weight is 260 g/mol. The first kappa shape index (κ1) is 13.5. The molecular formula is C14H16N2O3. The van der Waals surface area contributed by atoms with Gasteiger partial charge in [0, 0.05) is 18.7 Å². The van der Waals surface area contributed by atoms with Gasteiger partial charge in [0.15, 0.2) is 0 Å². The summed E-state index contributed by atoms with van der Waals surface area (Å²) in [6.07, 6.45) is 0.465. The highest BCUT2D eigenvalue weighted by atomic mass is 16.5. The van der Waals surface area contributed by atoms with Crippen LogP contribution in [0.2, 0.25) is 0 Å². The Morgan fingerprint density at radius 3 is 3.00 bits per heavy atom. The third kappa shape index (κ3) is 2.92. The Bertz CT molecular complexity index is 510. The molecule has 1 saturated heterocycles. The van der Waals surface area contributed by atoms with Crippen LogP contribution in [0, 0.1) is 11.3 Å². The summed E-state index contributed by atoms with van der Waals surface area (Å²) < 4.78 is 5.57. The van der Waals surface area contributed by atoms with Crippen LogP contribution in [-0.2, 0) is 4.74 Å². The standard InChI is InChI=1S/C14H16N2O3/c1-10-6-16(7-13(9-18)19-10)14-3-2-11(8-17)4-12(14)5-15/h2-4,8,10,13,18H,6-7,9H2,1H3. The van der Waals surface area contributed by atoms with Gasteiger partial charge in [0.2, 0.25) is 0 Å². The van der Waals surface area contributed by atoms with Crippen LogP contribution in [0.1, 0.15) is 22.8 Å². The summed E-state index contributed by atoms with van der Waals surface area (Å²) in [4.78, 5) is 12.8. The quantitative estimate of drug-likeness (QED) is 0.819. The van der Waals surface area contributed by atoms with Crippen LogP contribution in [0.15, 0.2) is 18.2 Å². The number of aldehydes is 1. The fraction of sp³-hybridized carbons (Fsp3) is 0.429. The first-order valence-corrected chi connectivity index (χ1v) is 6.18. The van der Waals surface area contributed by atoms with Gasteiger partial charge in [0.25, 0.3) is 0 Å². The molecule has 1 aromatic rings. The fourth-order valence-corrected chi connectivity index (χ4v) is 2.34. The van der Waals surface area contributed by atoms with E-state index in [9.17, 15) is 15.2 Å². The number of hydrogen-bond donors (Lipinski definition) is 1. The van der Waals surface area contributed by atoms with Crippen molar-refractivity contribution in [2.24, 2.45) is 0 Å². The van der Waals surface area contributed by atoms with Gasteiger partial charge >= 0.3 is 0 Å². The molecule has 5 heteroatoms. The summed E-state index contributed by atoms with van der Waals surface area (Å²) in [6.45, 7) is 3.08. The smallest absolute Gasteiger partial charge is 0.150 e. The molecule has 2 rings (SSSR count). The van der Waals surface area contributed by atoms with E-state index in [0.29, 0.717) is 24.2 Å². The van der Waals surface area contributed by atoms with E-state index in [1.807, 2.05) is 11.8 Å². The van der Waals surface area contributed by atoms with Crippen LogP contribution < -0.4 is 4.90 Å². The van der Waals surface area contributed by atoms with Gasteiger partial charge in [-0.2, -0.15) is 5.26 Å². The van der Waals surface area contributed by atoms with E-state index >= 15 is 0 Å². The largest absolute Gasteiger partial charge is 0.394 e. The Kier molecular flexibility index (Phi) is 4.15. The molecule has 100 valence electrons. The Morgan fingerprint density at radius 1 is 1.58 bits per heavy atom. The number of aliphatic hydroxyl groups excluding tert-OH is 1. The van der Waals surface area contributed by atoms with Crippen molar-refractivity contribution in [2.45, 2.75) is 19.1 Å². The molecule has 0 amide bonds. The summed E-state index contributed by atoms with van der Waals surface area (Å²) >= 11 is 0. The monoisotopic (exact) mass is 260 g/mol. The molecule has 2 unspecified atom stereocenters. The minimum Gasteiger partial charge on any atom is -0.394 e. The van der Waals surface area contributed by atoms with Crippen molar-refractivity contribution in [1.29, 1.82) is 5.26 Å². The lowest BCUT2D eigenvalue weighted by molar-refractivity contribution is -0.0421. The molecule has 0 aliphatic carbocycles. The van der Waals surface area contributed by atoms with Crippen LogP contribution in [0.4, 0.5) is 5.69 Å². The molecule has 1 aliphatic heterocycles. The highest BCUT2D eigenvalue weighted by molar-refractivity contribution is 5.78. The second kappa shape index (κ2) is 5.83. The molecule has 0 saturated carbocycles. The summed E-state index contributed by atoms with van der Waals surface area (Å²) in [6, 6.07) is 7.16. The molecule has 0 bridgehead atoms. The maximum atomic E-state index is 10.7. The van der Waals surface area contributed by atoms with Crippen molar-refractivity contribution < 1.29 is 14.6 Å². The second-order valence-corrected chi connectivity index (χ2v) is 4.66. The minimum atomic E-state index is -0.249. The van der Waals surface area contributed by atoms with Gasteiger partial charge in [0.05, 0.1) is 30.1 Å². The lowest BCUT2D eigenvalue weighted by atomic mass is 10.1. The highest BCUT2D eigenvalue weighted by Crippen LogP contribution is 2.24. The molecule has 0 spiro atoms. The molecule has 1 fully saturated rings. The molecule has 1 heterocycles. The molecule has 1 N–H and O–H groups in total. The van der Waals surface area contributed by atoms with E-state index in [1.165, 1.54) is 0 Å². The van der Waals surface area contributed by atoms with Gasteiger partial charge in [-0.3, -0.25) is 4.79 Å². The Balaban J connectivity index is 2.30. The number of hydrogen-bond acceptors (Lipinski definition) is 5. The van der Waals surface area contributed by atoms with Gasteiger partial charge in [-0.15, -0.1) is 0 Å². The number of nitriles is 1. The van der Waals surface area contributed by atoms with Crippen LogP contribution in [0.5, 0.6) is 0 Å². The molecule has 0 radical (unpaired) electrons. The number of ether oxygens (including phenoxy) is 1. The zero-order valence-corrected chi connectivity index (χ0v) is 10.7. The normalized spacial score (nSPS) is 22.9. The average Bonchev–Trinajstić information content (AvgIpc) is 2.45. The minimum absolute atomic E-state index is 0.0109. The van der Waals surface area contributed by atoms with Gasteiger partial charge in [-0.1, -0.05) is 0 Å². The fourth-order valence-electron chi connectivity index (χ4n) is 2.34. The van der Waals surface area contributed by atoms with E-state index < -0.39 is 0 Å². The predicted octanol–water partition coefficient (Wildman–Crippen LogP) is 0.957. The third-order valence-corrected chi connectivity index (χ3v) is 3.15. The lowest BCUT2D eigenvalue weighted by Crippen LogP contribution is -2.48. The molecule has 1 aromatic carbocycles. The number of aliphatic hydroxyl groups is 1. The second-order valence-electron chi connectivity index (χ2n) is 4.66. The molecule has 1 aliphatic rings. The number of nitrogens with zero attached hydrogens (tertiary/aromatic N) is 2. The summed E-state index contributed by atoms with van der Waals surface area (Å²) in [7, 11) is 0. The Labute approximate surface area is 112 Å². The Morgan fingerprint density at radius 2 is 2.37 bits per heavy atom. The van der Waals surface area contributed by atoms with Crippen molar-refractivity contribution in [1.82, 2.24) is 0 Å². The van der Waals surface area contributed by atoms with Crippen LogP contribution in [-0.4, -0.2) is 43.3 Å². The van der Waals surface area contributed by atoms with E-state index in [2.05, 4.69) is 6.07 Å². The van der Waals surface area contributed by atoms with Crippen molar-refractivity contribution in [3.63, 3.8) is 0 Å². The van der Waals surface area contributed by atoms with E-state index in [4.69, 9.17) is 4.74 Å². The lowest BCUT2D eigenvalue weighted by Gasteiger charge is -2.37. The number of morpholine rings is 1. The molecular weight excluding hydrogens is 244 g/mol. The number of anilines is 1. The SMILES string of the molecule is CC1CN(c2ccc(C=O)cc2C#N)CC(CO)O1. The van der Waals surface area contributed by atoms with E-state index in [-0.39, 0.29) is 18.8 Å². The summed E-state index contributed by atoms with van der Waals surface area (Å²) in [5, 5.41) is 18.4. The Hall–Kier alpha value is -1.90. The van der Waals surface area contributed by atoms with Crippen molar-refractivity contribution >= 4 is 12.0 Å². The zero-order valence-electron chi connectivity index (χ0n) is 10.7. The maximum absolute atomic E-state index is 10.7. The number of rotatable bonds is 3. The van der Waals surface area contributed by atoms with Crippen molar-refractivity contribution in [3.8, 4) is 6.07 Å². The van der Waals surface area contributed by atoms with Crippen LogP contribution in [0.3, 0.4) is 0 Å². The van der Waals surface area contributed by atoms with Crippen LogP contribution >= 0.6 is 0 Å². The van der Waals surface area contributed by atoms with E-state index in [1.54, 1.807) is 18.2 Å². The third-order valence-electron chi connectivity index (χ3n) is 3.15. The zero-order chi connectivity index (χ0) is 13.8. The molecule has 19 heavy (non-hydrogen) atoms. The van der Waals surface area contributed by atoms with Crippen molar-refractivity contribution in [3.05, 3.63) is 29.3 Å². The predicted molar refractivity (Wildman–Crippen MR) is 70.2 cm³/mol. The number of benzene rings is 1. The van der Waals surface area contributed by atoms with E-state index in [0.717, 1.165) is 12.0 Å². The summed E-state index contributed by atoms with van der Waals surface area (Å²) in [5.74, 6) is 0. The topological polar surface area (TPSA) is 73.6 Å². The number of carbonyl (C=O) groups excluding carboxylic acids is 1. The van der Waals surface area contributed by atoms with Gasteiger partial charge in [-0.25, -0.2) is 0 Å². The molecule has 5 nitrogen and oxygen atoms in total. The van der Waals surface area contributed by atoms with Gasteiger partial charge < -0.3 is 14.7 Å². The first-order chi connectivity index (χ1) is 9.17. The van der Waals surface area contributed by atoms with Gasteiger partial charge in [0.1, 0.15) is 12.4 Å². The molecule has 2 atom stereocenters. The first-order valence-electron chi connectivity index (χ1n) is 6.18. The van der Waals surface area contributed by atoms with Crippen molar-refractivity contribution in [2.75, 3.05) is 24.6 Å². The highest BCUT2D eigenvalue weighted by Gasteiger charge is 2.26. The maximum Gasteiger partial charge on any atom is 0.150 e. The number of carbonyl (C=O) groups is 1.